The zero-order valence-electron chi connectivity index (χ0n) is 44.3. The van der Waals surface area contributed by atoms with Gasteiger partial charge in [0.25, 0.3) is 0 Å². The van der Waals surface area contributed by atoms with Crippen molar-refractivity contribution >= 4 is 87.2 Å². The van der Waals surface area contributed by atoms with E-state index in [0.29, 0.717) is 17.5 Å². The van der Waals surface area contributed by atoms with Crippen LogP contribution in [0.5, 0.6) is 0 Å². The van der Waals surface area contributed by atoms with Crippen LogP contribution in [0.15, 0.2) is 285 Å². The predicted molar refractivity (Wildman–Crippen MR) is 339 cm³/mol. The van der Waals surface area contributed by atoms with Crippen LogP contribution in [-0.2, 0) is 0 Å². The summed E-state index contributed by atoms with van der Waals surface area (Å²) in [4.78, 5) is 16.4. The molecule has 0 bridgehead atoms. The van der Waals surface area contributed by atoms with Gasteiger partial charge in [0.05, 0.1) is 44.1 Å². The smallest absolute Gasteiger partial charge is 0.164 e. The lowest BCUT2D eigenvalue weighted by Crippen LogP contribution is -2.03. The number of benzene rings is 12. The van der Waals surface area contributed by atoms with E-state index in [1.54, 1.807) is 0 Å². The summed E-state index contributed by atoms with van der Waals surface area (Å²) in [6.45, 7) is 0. The summed E-state index contributed by atoms with van der Waals surface area (Å²) in [6.07, 6.45) is 0. The Labute approximate surface area is 471 Å². The molecule has 5 heterocycles. The highest BCUT2D eigenvalue weighted by atomic mass is 15.1. The van der Waals surface area contributed by atoms with Gasteiger partial charge < -0.3 is 18.3 Å². The number of nitrogens with zero attached hydrogens (tertiary/aromatic N) is 7. The van der Waals surface area contributed by atoms with Gasteiger partial charge >= 0.3 is 0 Å². The highest BCUT2D eigenvalue weighted by Crippen LogP contribution is 2.40. The van der Waals surface area contributed by atoms with Gasteiger partial charge in [0, 0.05) is 82.5 Å². The summed E-state index contributed by atoms with van der Waals surface area (Å²) in [6, 6.07) is 102. The van der Waals surface area contributed by atoms with Crippen LogP contribution in [-0.4, -0.2) is 33.2 Å². The molecule has 7 heteroatoms. The van der Waals surface area contributed by atoms with E-state index in [1.165, 1.54) is 54.1 Å². The molecule has 12 aromatic carbocycles. The maximum atomic E-state index is 5.51. The standard InChI is InChI=1S/C75H47N7/c1-9-28-65-57(20-1)58-21-2-10-29-66(58)79(65)53-40-36-48(37-41-53)50-18-17-19-51(44-50)74-76-73(49-38-42-54(43-39-49)80-67-30-11-3-22-59(67)60-23-4-12-31-68(60)80)77-75(78-74)52-45-55(81-69-32-13-5-24-61(69)62-25-6-14-33-70(62)81)47-56(46-52)82-71-34-15-7-26-63(71)64-27-8-16-35-72(64)82/h1-47H. The van der Waals surface area contributed by atoms with Crippen molar-refractivity contribution in [3.63, 3.8) is 0 Å². The number of fused-ring (bicyclic) bond motifs is 12. The summed E-state index contributed by atoms with van der Waals surface area (Å²) in [5, 5.41) is 9.69. The first-order valence-corrected chi connectivity index (χ1v) is 27.8. The van der Waals surface area contributed by atoms with Crippen LogP contribution in [0.4, 0.5) is 0 Å². The second-order valence-corrected chi connectivity index (χ2v) is 21.2. The van der Waals surface area contributed by atoms with Crippen molar-refractivity contribution in [2.24, 2.45) is 0 Å². The van der Waals surface area contributed by atoms with Crippen LogP contribution >= 0.6 is 0 Å². The maximum absolute atomic E-state index is 5.51. The second-order valence-electron chi connectivity index (χ2n) is 21.2. The lowest BCUT2D eigenvalue weighted by atomic mass is 10.0. The van der Waals surface area contributed by atoms with Gasteiger partial charge in [-0.1, -0.05) is 176 Å². The average Bonchev–Trinajstić information content (AvgIpc) is 4.14. The molecule has 382 valence electrons. The molecular formula is C75H47N7. The van der Waals surface area contributed by atoms with Crippen molar-refractivity contribution in [1.29, 1.82) is 0 Å². The molecule has 0 N–H and O–H groups in total. The Balaban J connectivity index is 0.862. The van der Waals surface area contributed by atoms with Gasteiger partial charge in [0.2, 0.25) is 0 Å². The molecule has 0 aliphatic rings. The Morgan fingerprint density at radius 1 is 0.171 bits per heavy atom. The van der Waals surface area contributed by atoms with Crippen molar-refractivity contribution in [2.75, 3.05) is 0 Å². The van der Waals surface area contributed by atoms with E-state index in [9.17, 15) is 0 Å². The van der Waals surface area contributed by atoms with Crippen molar-refractivity contribution in [3.05, 3.63) is 285 Å². The minimum absolute atomic E-state index is 0.567. The molecular weight excluding hydrogens is 999 g/mol. The fourth-order valence-corrected chi connectivity index (χ4v) is 12.9. The van der Waals surface area contributed by atoms with Gasteiger partial charge in [-0.05, 0) is 120 Å². The first-order chi connectivity index (χ1) is 40.7. The molecule has 7 nitrogen and oxygen atoms in total. The molecule has 0 aliphatic heterocycles. The molecule has 82 heavy (non-hydrogen) atoms. The van der Waals surface area contributed by atoms with E-state index in [0.717, 1.165) is 83.7 Å². The Bertz CT molecular complexity index is 5060. The largest absolute Gasteiger partial charge is 0.309 e. The van der Waals surface area contributed by atoms with Crippen molar-refractivity contribution in [3.8, 4) is 68.0 Å². The van der Waals surface area contributed by atoms with Crippen LogP contribution < -0.4 is 0 Å². The van der Waals surface area contributed by atoms with Gasteiger partial charge in [-0.25, -0.2) is 15.0 Å². The molecule has 0 radical (unpaired) electrons. The van der Waals surface area contributed by atoms with Gasteiger partial charge in [-0.15, -0.1) is 0 Å². The number of hydrogen-bond donors (Lipinski definition) is 0. The van der Waals surface area contributed by atoms with Crippen LogP contribution in [0.1, 0.15) is 0 Å². The zero-order chi connectivity index (χ0) is 53.8. The highest BCUT2D eigenvalue weighted by Gasteiger charge is 2.21. The molecule has 0 unspecified atom stereocenters. The monoisotopic (exact) mass is 1050 g/mol. The minimum atomic E-state index is 0.567. The Morgan fingerprint density at radius 2 is 0.439 bits per heavy atom. The summed E-state index contributed by atoms with van der Waals surface area (Å²) in [7, 11) is 0. The van der Waals surface area contributed by atoms with E-state index >= 15 is 0 Å². The van der Waals surface area contributed by atoms with Crippen LogP contribution in [0.25, 0.3) is 155 Å². The van der Waals surface area contributed by atoms with Crippen molar-refractivity contribution in [1.82, 2.24) is 33.2 Å². The first-order valence-electron chi connectivity index (χ1n) is 27.8. The molecule has 0 atom stereocenters. The number of hydrogen-bond acceptors (Lipinski definition) is 3. The van der Waals surface area contributed by atoms with Crippen molar-refractivity contribution in [2.45, 2.75) is 0 Å². The zero-order valence-corrected chi connectivity index (χ0v) is 44.3. The molecule has 0 amide bonds. The minimum Gasteiger partial charge on any atom is -0.309 e. The van der Waals surface area contributed by atoms with Crippen molar-refractivity contribution < 1.29 is 0 Å². The Morgan fingerprint density at radius 3 is 0.780 bits per heavy atom. The SMILES string of the molecule is c1cc(-c2ccc(-n3c4ccccc4c4ccccc43)cc2)cc(-c2nc(-c3ccc(-n4c5ccccc5c5ccccc54)cc3)nc(-c3cc(-n4c5ccccc5c5ccccc54)cc(-n4c5ccccc5c5ccccc54)c3)n2)c1. The Hall–Kier alpha value is -11.2. The number of rotatable bonds is 8. The van der Waals surface area contributed by atoms with E-state index in [1.807, 2.05) is 0 Å². The van der Waals surface area contributed by atoms with E-state index in [2.05, 4.69) is 303 Å². The lowest BCUT2D eigenvalue weighted by Gasteiger charge is -2.16. The third-order valence-corrected chi connectivity index (χ3v) is 16.6. The summed E-state index contributed by atoms with van der Waals surface area (Å²) >= 11 is 0. The van der Waals surface area contributed by atoms with Gasteiger partial charge in [0.1, 0.15) is 0 Å². The first kappa shape index (κ1) is 45.8. The Kier molecular flexibility index (Phi) is 10.2. The predicted octanol–water partition coefficient (Wildman–Crippen LogP) is 18.9. The maximum Gasteiger partial charge on any atom is 0.164 e. The molecule has 0 saturated carbocycles. The fourth-order valence-electron chi connectivity index (χ4n) is 12.9. The number of aromatic nitrogens is 7. The van der Waals surface area contributed by atoms with E-state index in [4.69, 9.17) is 15.0 Å². The van der Waals surface area contributed by atoms with E-state index in [-0.39, 0.29) is 0 Å². The second kappa shape index (κ2) is 18.2. The third-order valence-electron chi connectivity index (χ3n) is 16.6. The average molecular weight is 1050 g/mol. The third kappa shape index (κ3) is 7.13. The topological polar surface area (TPSA) is 58.4 Å². The molecule has 17 rings (SSSR count). The molecule has 17 aromatic rings. The molecule has 0 aliphatic carbocycles. The van der Waals surface area contributed by atoms with Gasteiger partial charge in [0.15, 0.2) is 17.5 Å². The molecule has 0 saturated heterocycles. The van der Waals surface area contributed by atoms with Gasteiger partial charge in [-0.3, -0.25) is 0 Å². The van der Waals surface area contributed by atoms with Crippen LogP contribution in [0, 0.1) is 0 Å². The highest BCUT2D eigenvalue weighted by molar-refractivity contribution is 6.12. The summed E-state index contributed by atoms with van der Waals surface area (Å²) < 4.78 is 9.48. The van der Waals surface area contributed by atoms with Crippen LogP contribution in [0.3, 0.4) is 0 Å². The molecule has 0 fully saturated rings. The van der Waals surface area contributed by atoms with E-state index < -0.39 is 0 Å². The summed E-state index contributed by atoms with van der Waals surface area (Å²) in [5.74, 6) is 1.73. The lowest BCUT2D eigenvalue weighted by molar-refractivity contribution is 1.07. The fraction of sp³-hybridized carbons (Fsp3) is 0. The molecule has 0 spiro atoms. The van der Waals surface area contributed by atoms with Crippen LogP contribution in [0.2, 0.25) is 0 Å². The number of para-hydroxylation sites is 8. The molecule has 5 aromatic heterocycles. The van der Waals surface area contributed by atoms with Gasteiger partial charge in [-0.2, -0.15) is 0 Å². The quantitative estimate of drug-likeness (QED) is 0.152. The normalized spacial score (nSPS) is 11.9. The summed E-state index contributed by atoms with van der Waals surface area (Å²) in [5.41, 5.74) is 18.1.